The van der Waals surface area contributed by atoms with Crippen LogP contribution in [-0.4, -0.2) is 38.5 Å². The predicted octanol–water partition coefficient (Wildman–Crippen LogP) is 1.72. The van der Waals surface area contributed by atoms with Crippen molar-refractivity contribution in [2.24, 2.45) is 0 Å². The van der Waals surface area contributed by atoms with Crippen LogP contribution in [0.1, 0.15) is 26.2 Å². The fourth-order valence-corrected chi connectivity index (χ4v) is 2.63. The second-order valence-electron chi connectivity index (χ2n) is 5.22. The molecule has 0 amide bonds. The Bertz CT molecular complexity index is 655. The number of aryl methyl sites for hydroxylation is 1. The molecule has 1 aliphatic rings. The summed E-state index contributed by atoms with van der Waals surface area (Å²) in [6.45, 7) is 3.48. The van der Waals surface area contributed by atoms with Crippen LogP contribution in [-0.2, 0) is 11.3 Å². The van der Waals surface area contributed by atoms with Crippen molar-refractivity contribution in [2.45, 2.75) is 44.9 Å². The van der Waals surface area contributed by atoms with Gasteiger partial charge in [0.25, 0.3) is 0 Å². The SMILES string of the molecule is C[C@@H](Nc1ncnc2c1cnn2CCC#N)[C@H]1CCCO1. The fraction of sp³-hybridized carbons (Fsp3) is 0.571. The molecule has 0 bridgehead atoms. The van der Waals surface area contributed by atoms with E-state index >= 15 is 0 Å². The van der Waals surface area contributed by atoms with Crippen molar-refractivity contribution in [1.29, 1.82) is 5.26 Å². The zero-order chi connectivity index (χ0) is 14.7. The van der Waals surface area contributed by atoms with Crippen LogP contribution in [0.15, 0.2) is 12.5 Å². The Morgan fingerprint density at radius 2 is 2.48 bits per heavy atom. The Labute approximate surface area is 122 Å². The van der Waals surface area contributed by atoms with Gasteiger partial charge in [-0.05, 0) is 19.8 Å². The van der Waals surface area contributed by atoms with Crippen LogP contribution >= 0.6 is 0 Å². The van der Waals surface area contributed by atoms with E-state index in [9.17, 15) is 0 Å². The summed E-state index contributed by atoms with van der Waals surface area (Å²) in [5, 5.41) is 17.2. The number of ether oxygens (including phenoxy) is 1. The van der Waals surface area contributed by atoms with Gasteiger partial charge >= 0.3 is 0 Å². The second-order valence-corrected chi connectivity index (χ2v) is 5.22. The van der Waals surface area contributed by atoms with Crippen LogP contribution in [0.25, 0.3) is 11.0 Å². The molecule has 2 aromatic heterocycles. The van der Waals surface area contributed by atoms with E-state index in [0.29, 0.717) is 13.0 Å². The molecule has 21 heavy (non-hydrogen) atoms. The largest absolute Gasteiger partial charge is 0.376 e. The Morgan fingerprint density at radius 1 is 1.57 bits per heavy atom. The highest BCUT2D eigenvalue weighted by Crippen LogP contribution is 2.23. The molecule has 1 aliphatic heterocycles. The number of nitriles is 1. The quantitative estimate of drug-likeness (QED) is 0.900. The summed E-state index contributed by atoms with van der Waals surface area (Å²) in [7, 11) is 0. The Morgan fingerprint density at radius 3 is 3.24 bits per heavy atom. The topological polar surface area (TPSA) is 88.7 Å². The van der Waals surface area contributed by atoms with Gasteiger partial charge in [0.2, 0.25) is 0 Å². The molecule has 7 heteroatoms. The van der Waals surface area contributed by atoms with Crippen LogP contribution < -0.4 is 5.32 Å². The highest BCUT2D eigenvalue weighted by molar-refractivity contribution is 5.86. The van der Waals surface area contributed by atoms with Crippen molar-refractivity contribution in [2.75, 3.05) is 11.9 Å². The zero-order valence-corrected chi connectivity index (χ0v) is 12.0. The Balaban J connectivity index is 1.82. The van der Waals surface area contributed by atoms with E-state index in [-0.39, 0.29) is 12.1 Å². The first-order chi connectivity index (χ1) is 10.3. The van der Waals surface area contributed by atoms with Crippen molar-refractivity contribution in [3.63, 3.8) is 0 Å². The van der Waals surface area contributed by atoms with Crippen molar-refractivity contribution >= 4 is 16.9 Å². The zero-order valence-electron chi connectivity index (χ0n) is 12.0. The third-order valence-corrected chi connectivity index (χ3v) is 3.76. The highest BCUT2D eigenvalue weighted by Gasteiger charge is 2.23. The summed E-state index contributed by atoms with van der Waals surface area (Å²) < 4.78 is 7.43. The molecule has 7 nitrogen and oxygen atoms in total. The summed E-state index contributed by atoms with van der Waals surface area (Å²) in [5.74, 6) is 0.770. The molecule has 1 saturated heterocycles. The van der Waals surface area contributed by atoms with Crippen molar-refractivity contribution in [3.05, 3.63) is 12.5 Å². The number of hydrogen-bond acceptors (Lipinski definition) is 6. The number of nitrogens with zero attached hydrogens (tertiary/aromatic N) is 5. The van der Waals surface area contributed by atoms with E-state index < -0.39 is 0 Å². The molecule has 0 spiro atoms. The first kappa shape index (κ1) is 13.8. The maximum atomic E-state index is 8.68. The lowest BCUT2D eigenvalue weighted by Crippen LogP contribution is -2.30. The molecule has 2 aromatic rings. The van der Waals surface area contributed by atoms with E-state index in [4.69, 9.17) is 10.00 Å². The van der Waals surface area contributed by atoms with Crippen LogP contribution in [0.5, 0.6) is 0 Å². The van der Waals surface area contributed by atoms with Gasteiger partial charge in [-0.1, -0.05) is 0 Å². The first-order valence-corrected chi connectivity index (χ1v) is 7.21. The van der Waals surface area contributed by atoms with Crippen LogP contribution in [0.3, 0.4) is 0 Å². The summed E-state index contributed by atoms with van der Waals surface area (Å²) in [4.78, 5) is 8.58. The molecule has 1 N–H and O–H groups in total. The molecule has 2 atom stereocenters. The number of rotatable bonds is 5. The smallest absolute Gasteiger partial charge is 0.163 e. The van der Waals surface area contributed by atoms with Gasteiger partial charge in [-0.15, -0.1) is 0 Å². The molecule has 0 radical (unpaired) electrons. The molecule has 0 unspecified atom stereocenters. The van der Waals surface area contributed by atoms with E-state index in [1.807, 2.05) is 0 Å². The normalized spacial score (nSPS) is 19.5. The van der Waals surface area contributed by atoms with Gasteiger partial charge < -0.3 is 10.1 Å². The molecule has 1 fully saturated rings. The highest BCUT2D eigenvalue weighted by atomic mass is 16.5. The molecule has 0 aliphatic carbocycles. The average Bonchev–Trinajstić information content (AvgIpc) is 3.15. The lowest BCUT2D eigenvalue weighted by Gasteiger charge is -2.20. The number of fused-ring (bicyclic) bond motifs is 1. The second kappa shape index (κ2) is 6.06. The average molecular weight is 286 g/mol. The van der Waals surface area contributed by atoms with Crippen LogP contribution in [0, 0.1) is 11.3 Å². The molecule has 0 saturated carbocycles. The van der Waals surface area contributed by atoms with E-state index in [1.54, 1.807) is 10.9 Å². The van der Waals surface area contributed by atoms with Gasteiger partial charge in [-0.25, -0.2) is 14.6 Å². The molecule has 3 heterocycles. The van der Waals surface area contributed by atoms with Crippen molar-refractivity contribution < 1.29 is 4.74 Å². The molecular weight excluding hydrogens is 268 g/mol. The summed E-state index contributed by atoms with van der Waals surface area (Å²) in [5.41, 5.74) is 0.752. The Hall–Kier alpha value is -2.20. The molecule has 0 aromatic carbocycles. The predicted molar refractivity (Wildman–Crippen MR) is 77.6 cm³/mol. The van der Waals surface area contributed by atoms with Gasteiger partial charge in [0.05, 0.1) is 42.8 Å². The van der Waals surface area contributed by atoms with Crippen molar-refractivity contribution in [1.82, 2.24) is 19.7 Å². The van der Waals surface area contributed by atoms with Gasteiger partial charge in [0.15, 0.2) is 5.65 Å². The van der Waals surface area contributed by atoms with Crippen molar-refractivity contribution in [3.8, 4) is 6.07 Å². The third kappa shape index (κ3) is 2.81. The minimum Gasteiger partial charge on any atom is -0.376 e. The van der Waals surface area contributed by atoms with E-state index in [2.05, 4.69) is 33.4 Å². The Kier molecular flexibility index (Phi) is 3.97. The minimum absolute atomic E-state index is 0.188. The minimum atomic E-state index is 0.188. The summed E-state index contributed by atoms with van der Waals surface area (Å²) >= 11 is 0. The number of aromatic nitrogens is 4. The monoisotopic (exact) mass is 286 g/mol. The van der Waals surface area contributed by atoms with Gasteiger partial charge in [-0.3, -0.25) is 0 Å². The van der Waals surface area contributed by atoms with Gasteiger partial charge in [0.1, 0.15) is 12.1 Å². The maximum absolute atomic E-state index is 8.68. The van der Waals surface area contributed by atoms with Crippen LogP contribution in [0.2, 0.25) is 0 Å². The standard InChI is InChI=1S/C14H18N6O/c1-10(12-4-2-7-21-12)19-13-11-8-18-20(6-3-5-15)14(11)17-9-16-13/h8-10,12H,2-4,6-7H2,1H3,(H,16,17,19)/t10-,12-/m1/s1. The first-order valence-electron chi connectivity index (χ1n) is 7.21. The number of nitrogens with one attached hydrogen (secondary N) is 1. The molecular formula is C14H18N6O. The third-order valence-electron chi connectivity index (χ3n) is 3.76. The van der Waals surface area contributed by atoms with Gasteiger partial charge in [-0.2, -0.15) is 10.4 Å². The lowest BCUT2D eigenvalue weighted by molar-refractivity contribution is 0.0996. The van der Waals surface area contributed by atoms with Gasteiger partial charge in [0, 0.05) is 6.61 Å². The fourth-order valence-electron chi connectivity index (χ4n) is 2.63. The number of anilines is 1. The van der Waals surface area contributed by atoms with E-state index in [0.717, 1.165) is 36.3 Å². The lowest BCUT2D eigenvalue weighted by atomic mass is 10.1. The molecule has 110 valence electrons. The maximum Gasteiger partial charge on any atom is 0.163 e. The summed E-state index contributed by atoms with van der Waals surface area (Å²) in [6.07, 6.45) is 6.10. The van der Waals surface area contributed by atoms with Crippen LogP contribution in [0.4, 0.5) is 5.82 Å². The number of hydrogen-bond donors (Lipinski definition) is 1. The van der Waals surface area contributed by atoms with E-state index in [1.165, 1.54) is 6.33 Å². The molecule has 3 rings (SSSR count). The summed E-state index contributed by atoms with van der Waals surface area (Å²) in [6, 6.07) is 2.31.